The van der Waals surface area contributed by atoms with Gasteiger partial charge in [-0.25, -0.2) is 4.39 Å². The molecule has 0 saturated carbocycles. The predicted octanol–water partition coefficient (Wildman–Crippen LogP) is 5.97. The predicted molar refractivity (Wildman–Crippen MR) is 128 cm³/mol. The summed E-state index contributed by atoms with van der Waals surface area (Å²) in [5.74, 6) is 1.65. The molecule has 3 N–H and O–H groups in total. The second-order valence-electron chi connectivity index (χ2n) is 7.59. The third-order valence-corrected chi connectivity index (χ3v) is 5.52. The molecule has 0 fully saturated rings. The van der Waals surface area contributed by atoms with Crippen LogP contribution in [-0.4, -0.2) is 50.8 Å². The first kappa shape index (κ1) is 23.2. The number of methoxy groups -OCH3 is 2. The number of anilines is 2. The van der Waals surface area contributed by atoms with E-state index in [-0.39, 0.29) is 5.02 Å². The first-order valence-electron chi connectivity index (χ1n) is 10.7. The summed E-state index contributed by atoms with van der Waals surface area (Å²) in [6.07, 6.45) is 1.56. The van der Waals surface area contributed by atoms with E-state index in [1.54, 1.807) is 26.4 Å². The minimum atomic E-state index is -0.458. The summed E-state index contributed by atoms with van der Waals surface area (Å²) in [5, 5.41) is 11.7. The summed E-state index contributed by atoms with van der Waals surface area (Å²) in [5.41, 5.74) is 2.55. The van der Waals surface area contributed by atoms with Crippen LogP contribution >= 0.6 is 11.6 Å². The highest BCUT2D eigenvalue weighted by atomic mass is 35.5. The highest BCUT2D eigenvalue weighted by Crippen LogP contribution is 2.43. The average Bonchev–Trinajstić information content (AvgIpc) is 3.36. The van der Waals surface area contributed by atoms with Crippen molar-refractivity contribution in [3.8, 4) is 22.8 Å². The fraction of sp³-hybridized carbons (Fsp3) is 0.333. The molecule has 2 aromatic carbocycles. The van der Waals surface area contributed by atoms with Gasteiger partial charge in [-0.1, -0.05) is 11.6 Å². The number of hydrogen-bond acceptors (Lipinski definition) is 5. The normalized spacial score (nSPS) is 11.4. The molecule has 1 heterocycles. The lowest BCUT2D eigenvalue weighted by atomic mass is 10.2. The maximum absolute atomic E-state index is 13.5. The van der Waals surface area contributed by atoms with Crippen LogP contribution in [0, 0.1) is 5.82 Å². The molecule has 0 atom stereocenters. The van der Waals surface area contributed by atoms with Crippen LogP contribution in [0.1, 0.15) is 12.8 Å². The summed E-state index contributed by atoms with van der Waals surface area (Å²) in [7, 11) is 3.34. The minimum Gasteiger partial charge on any atom is -0.490 e. The Bertz CT molecular complexity index is 1180. The van der Waals surface area contributed by atoms with Gasteiger partial charge in [0.2, 0.25) is 0 Å². The van der Waals surface area contributed by atoms with Crippen LogP contribution in [0.4, 0.5) is 15.9 Å². The first-order valence-corrected chi connectivity index (χ1v) is 11.1. The summed E-state index contributed by atoms with van der Waals surface area (Å²) >= 11 is 5.92. The molecule has 0 bridgehead atoms. The molecule has 4 rings (SSSR count). The largest absolute Gasteiger partial charge is 0.490 e. The molecule has 0 spiro atoms. The highest BCUT2D eigenvalue weighted by Gasteiger charge is 2.20. The lowest BCUT2D eigenvalue weighted by molar-refractivity contribution is 0.163. The number of nitrogens with one attached hydrogen (secondary N) is 3. The molecule has 0 aromatic heterocycles. The van der Waals surface area contributed by atoms with E-state index in [1.165, 1.54) is 6.07 Å². The molecule has 176 valence electrons. The van der Waals surface area contributed by atoms with Crippen molar-refractivity contribution in [2.24, 2.45) is 0 Å². The quantitative estimate of drug-likeness (QED) is 0.220. The maximum Gasteiger partial charge on any atom is 0.161 e. The van der Waals surface area contributed by atoms with Crippen molar-refractivity contribution in [1.82, 2.24) is 10.2 Å². The van der Waals surface area contributed by atoms with Crippen molar-refractivity contribution >= 4 is 33.9 Å². The fourth-order valence-electron chi connectivity index (χ4n) is 3.62. The van der Waals surface area contributed by atoms with Crippen molar-refractivity contribution < 1.29 is 23.3 Å². The molecule has 7 nitrogen and oxygen atoms in total. The van der Waals surface area contributed by atoms with Crippen LogP contribution in [-0.2, 0) is 9.47 Å². The van der Waals surface area contributed by atoms with Crippen LogP contribution in [0.25, 0.3) is 22.0 Å². The third kappa shape index (κ3) is 5.35. The molecular weight excluding hydrogens is 449 g/mol. The van der Waals surface area contributed by atoms with Gasteiger partial charge in [-0.2, -0.15) is 0 Å². The lowest BCUT2D eigenvalue weighted by Crippen LogP contribution is -2.05. The smallest absolute Gasteiger partial charge is 0.161 e. The number of halogens is 2. The first-order chi connectivity index (χ1) is 16.1. The van der Waals surface area contributed by atoms with Gasteiger partial charge < -0.3 is 24.3 Å². The van der Waals surface area contributed by atoms with Crippen LogP contribution in [0.5, 0.6) is 11.5 Å². The van der Waals surface area contributed by atoms with Gasteiger partial charge in [0.25, 0.3) is 0 Å². The van der Waals surface area contributed by atoms with Crippen molar-refractivity contribution in [2.45, 2.75) is 12.8 Å². The Balaban J connectivity index is 1.62. The summed E-state index contributed by atoms with van der Waals surface area (Å²) in [4.78, 5) is 0. The summed E-state index contributed by atoms with van der Waals surface area (Å²) < 4.78 is 35.7. The van der Waals surface area contributed by atoms with E-state index in [1.807, 2.05) is 12.1 Å². The van der Waals surface area contributed by atoms with Crippen molar-refractivity contribution in [2.75, 3.05) is 46.0 Å². The zero-order valence-corrected chi connectivity index (χ0v) is 19.4. The SMILES string of the molecule is COCCCOc1cc2cc3c(Nc4ccc(F)c(Cl)c4)[nH][nH]c-3c2cc1OCCCOC. The number of aromatic nitrogens is 2. The van der Waals surface area contributed by atoms with Crippen LogP contribution in [0.2, 0.25) is 5.02 Å². The van der Waals surface area contributed by atoms with E-state index in [0.717, 1.165) is 40.7 Å². The number of aromatic amines is 2. The fourth-order valence-corrected chi connectivity index (χ4v) is 3.80. The Morgan fingerprint density at radius 3 is 2.24 bits per heavy atom. The molecule has 33 heavy (non-hydrogen) atoms. The number of benzene rings is 2. The van der Waals surface area contributed by atoms with E-state index in [4.69, 9.17) is 30.5 Å². The van der Waals surface area contributed by atoms with Crippen LogP contribution in [0.15, 0.2) is 36.4 Å². The van der Waals surface area contributed by atoms with Gasteiger partial charge in [0, 0.05) is 56.9 Å². The standard InChI is InChI=1S/C24H27ClFN3O4/c1-30-7-3-9-32-21-12-15-11-18-23(17(15)14-22(21)33-10-4-8-31-2)28-29-24(18)27-16-5-6-20(26)19(25)13-16/h5-6,11-14,27-29H,3-4,7-10H2,1-2H3. The molecule has 1 aliphatic carbocycles. The van der Waals surface area contributed by atoms with Gasteiger partial charge >= 0.3 is 0 Å². The molecule has 9 heteroatoms. The van der Waals surface area contributed by atoms with Gasteiger partial charge in [-0.3, -0.25) is 10.2 Å². The van der Waals surface area contributed by atoms with Crippen LogP contribution in [0.3, 0.4) is 0 Å². The molecule has 1 aliphatic heterocycles. The number of hydrogen-bond donors (Lipinski definition) is 3. The summed E-state index contributed by atoms with van der Waals surface area (Å²) in [6, 6.07) is 10.5. The lowest BCUT2D eigenvalue weighted by Gasteiger charge is -2.13. The zero-order chi connectivity index (χ0) is 23.2. The maximum atomic E-state index is 13.5. The molecule has 0 radical (unpaired) electrons. The number of ether oxygens (including phenoxy) is 4. The van der Waals surface area contributed by atoms with Crippen molar-refractivity contribution in [3.05, 3.63) is 47.2 Å². The third-order valence-electron chi connectivity index (χ3n) is 5.23. The molecule has 0 unspecified atom stereocenters. The van der Waals surface area contributed by atoms with Gasteiger partial charge in [-0.15, -0.1) is 0 Å². The van der Waals surface area contributed by atoms with Gasteiger partial charge in [0.15, 0.2) is 11.5 Å². The molecule has 0 saturated heterocycles. The van der Waals surface area contributed by atoms with E-state index < -0.39 is 5.82 Å². The monoisotopic (exact) mass is 475 g/mol. The Kier molecular flexibility index (Phi) is 7.59. The number of fused-ring (bicyclic) bond motifs is 3. The molecular formula is C24H27ClFN3O4. The number of H-pyrrole nitrogens is 2. The van der Waals surface area contributed by atoms with E-state index in [0.29, 0.717) is 43.6 Å². The topological polar surface area (TPSA) is 80.5 Å². The van der Waals surface area contributed by atoms with Gasteiger partial charge in [-0.05, 0) is 41.8 Å². The molecule has 0 amide bonds. The van der Waals surface area contributed by atoms with Crippen molar-refractivity contribution in [1.29, 1.82) is 0 Å². The zero-order valence-electron chi connectivity index (χ0n) is 18.6. The minimum absolute atomic E-state index is 0.0602. The average molecular weight is 476 g/mol. The van der Waals surface area contributed by atoms with Gasteiger partial charge in [0.1, 0.15) is 11.6 Å². The Labute approximate surface area is 196 Å². The Morgan fingerprint density at radius 2 is 1.58 bits per heavy atom. The van der Waals surface area contributed by atoms with E-state index in [9.17, 15) is 4.39 Å². The molecule has 2 aromatic rings. The van der Waals surface area contributed by atoms with Crippen LogP contribution < -0.4 is 14.8 Å². The number of rotatable bonds is 12. The Morgan fingerprint density at radius 1 is 0.879 bits per heavy atom. The highest BCUT2D eigenvalue weighted by molar-refractivity contribution is 6.31. The second-order valence-corrected chi connectivity index (χ2v) is 7.99. The van der Waals surface area contributed by atoms with E-state index >= 15 is 0 Å². The van der Waals surface area contributed by atoms with Gasteiger partial charge in [0.05, 0.1) is 23.9 Å². The molecule has 2 aliphatic rings. The summed E-state index contributed by atoms with van der Waals surface area (Å²) in [6.45, 7) is 2.30. The Hall–Kier alpha value is -2.94. The van der Waals surface area contributed by atoms with Crippen molar-refractivity contribution in [3.63, 3.8) is 0 Å². The van der Waals surface area contributed by atoms with E-state index in [2.05, 4.69) is 21.6 Å². The second kappa shape index (κ2) is 10.8.